The number of aliphatic hydroxyl groups is 2. The summed E-state index contributed by atoms with van der Waals surface area (Å²) in [5, 5.41) is 19.8. The number of hydrogen-bond acceptors (Lipinski definition) is 12. The molecule has 2 rings (SSSR count). The Morgan fingerprint density at radius 2 is 1.86 bits per heavy atom. The second kappa shape index (κ2) is 9.20. The first-order valence-electron chi connectivity index (χ1n) is 7.69. The molecule has 0 saturated carbocycles. The van der Waals surface area contributed by atoms with Crippen molar-refractivity contribution in [1.82, 2.24) is 4.90 Å². The first kappa shape index (κ1) is 24.6. The minimum absolute atomic E-state index is 0.0325. The summed E-state index contributed by atoms with van der Waals surface area (Å²) in [5.41, 5.74) is 5.49. The molecule has 0 aromatic heterocycles. The van der Waals surface area contributed by atoms with E-state index in [1.165, 1.54) is 17.2 Å². The molecule has 2 aliphatic heterocycles. The molecule has 1 fully saturated rings. The van der Waals surface area contributed by atoms with Gasteiger partial charge in [-0.15, -0.1) is 0 Å². The van der Waals surface area contributed by atoms with Crippen LogP contribution in [-0.2, 0) is 31.6 Å². The van der Waals surface area contributed by atoms with Gasteiger partial charge in [0.05, 0.1) is 19.3 Å². The molecule has 16 nitrogen and oxygen atoms in total. The van der Waals surface area contributed by atoms with Crippen LogP contribution in [0.1, 0.15) is 0 Å². The van der Waals surface area contributed by atoms with Crippen molar-refractivity contribution >= 4 is 29.3 Å². The van der Waals surface area contributed by atoms with Gasteiger partial charge in [0.25, 0.3) is 0 Å². The van der Waals surface area contributed by atoms with Gasteiger partial charge < -0.3 is 45.2 Å². The molecule has 1 saturated heterocycles. The van der Waals surface area contributed by atoms with Crippen molar-refractivity contribution in [3.05, 3.63) is 12.3 Å². The lowest BCUT2D eigenvalue weighted by Gasteiger charge is -2.29. The lowest BCUT2D eigenvalue weighted by Crippen LogP contribution is -2.42. The molecule has 2 heterocycles. The molecule has 0 bridgehead atoms. The number of phosphoric ester groups is 1. The minimum Gasteiger partial charge on any atom is -0.396 e. The highest BCUT2D eigenvalue weighted by Crippen LogP contribution is 2.66. The van der Waals surface area contributed by atoms with Crippen LogP contribution in [0, 0.1) is 5.92 Å². The highest BCUT2D eigenvalue weighted by Gasteiger charge is 2.47. The Kier molecular flexibility index (Phi) is 7.80. The molecule has 0 aliphatic carbocycles. The van der Waals surface area contributed by atoms with Gasteiger partial charge in [-0.2, -0.15) is 8.62 Å². The van der Waals surface area contributed by atoms with Gasteiger partial charge in [0.2, 0.25) is 0 Å². The van der Waals surface area contributed by atoms with Crippen LogP contribution in [0.5, 0.6) is 0 Å². The van der Waals surface area contributed by atoms with Crippen molar-refractivity contribution in [2.45, 2.75) is 18.4 Å². The zero-order valence-electron chi connectivity index (χ0n) is 14.4. The average molecular weight is 483 g/mol. The van der Waals surface area contributed by atoms with E-state index in [1.54, 1.807) is 0 Å². The number of nitrogens with two attached hydrogens (primary N) is 1. The van der Waals surface area contributed by atoms with Crippen LogP contribution >= 0.6 is 23.5 Å². The molecule has 0 aromatic rings. The van der Waals surface area contributed by atoms with Gasteiger partial charge in [-0.25, -0.2) is 18.7 Å². The van der Waals surface area contributed by atoms with Crippen molar-refractivity contribution in [2.75, 3.05) is 19.9 Å². The van der Waals surface area contributed by atoms with Crippen molar-refractivity contribution in [3.63, 3.8) is 0 Å². The maximum Gasteiger partial charge on any atom is 0.490 e. The van der Waals surface area contributed by atoms with E-state index in [4.69, 9.17) is 25.2 Å². The molecule has 8 N–H and O–H groups in total. The van der Waals surface area contributed by atoms with Crippen LogP contribution in [0.3, 0.4) is 0 Å². The van der Waals surface area contributed by atoms with E-state index < -0.39 is 61.0 Å². The summed E-state index contributed by atoms with van der Waals surface area (Å²) >= 11 is 0. The number of aliphatic imine (C=N–C) groups is 1. The molecule has 0 radical (unpaired) electrons. The molecular weight excluding hydrogens is 463 g/mol. The Morgan fingerprint density at radius 3 is 2.38 bits per heavy atom. The number of phosphoric acid groups is 3. The first-order chi connectivity index (χ1) is 13.2. The Hall–Kier alpha value is -0.700. The second-order valence-corrected chi connectivity index (χ2v) is 10.3. The van der Waals surface area contributed by atoms with E-state index in [2.05, 4.69) is 18.1 Å². The number of ether oxygens (including phenoxy) is 1. The smallest absolute Gasteiger partial charge is 0.396 e. The number of hydrogen-bond donors (Lipinski definition) is 7. The van der Waals surface area contributed by atoms with Crippen molar-refractivity contribution in [2.24, 2.45) is 16.6 Å². The molecule has 0 amide bonds. The molecule has 2 aliphatic rings. The second-order valence-electron chi connectivity index (χ2n) is 5.84. The van der Waals surface area contributed by atoms with Gasteiger partial charge in [0.15, 0.2) is 6.23 Å². The SMILES string of the molecule is NC1=NCN([C@@H]2O[C@H](COP(=O)(O)OP(=O)(O)OP(=O)(O)O)[C@@H](CO)[C@H]2O)C=C1. The summed E-state index contributed by atoms with van der Waals surface area (Å²) in [4.78, 5) is 40.9. The van der Waals surface area contributed by atoms with E-state index in [9.17, 15) is 28.8 Å². The number of amidine groups is 1. The molecule has 6 atom stereocenters. The van der Waals surface area contributed by atoms with Gasteiger partial charge in [0, 0.05) is 12.1 Å². The summed E-state index contributed by atoms with van der Waals surface area (Å²) in [6.07, 6.45) is -0.535. The fourth-order valence-corrected chi connectivity index (χ4v) is 5.56. The third-order valence-corrected chi connectivity index (χ3v) is 7.53. The Balaban J connectivity index is 1.99. The average Bonchev–Trinajstić information content (AvgIpc) is 2.86. The van der Waals surface area contributed by atoms with E-state index in [1.807, 2.05) is 0 Å². The third kappa shape index (κ3) is 7.19. The van der Waals surface area contributed by atoms with Crippen LogP contribution in [0.4, 0.5) is 0 Å². The van der Waals surface area contributed by atoms with Gasteiger partial charge in [-0.1, -0.05) is 0 Å². The highest BCUT2D eigenvalue weighted by atomic mass is 31.3. The Bertz CT molecular complexity index is 799. The summed E-state index contributed by atoms with van der Waals surface area (Å²) in [5.74, 6) is -0.736. The zero-order chi connectivity index (χ0) is 22.0. The molecule has 29 heavy (non-hydrogen) atoms. The molecule has 0 aromatic carbocycles. The number of rotatable bonds is 9. The summed E-state index contributed by atoms with van der Waals surface area (Å²) in [7, 11) is -16.5. The topological polar surface area (TPSA) is 251 Å². The van der Waals surface area contributed by atoms with E-state index in [0.29, 0.717) is 0 Å². The lowest BCUT2D eigenvalue weighted by atomic mass is 9.99. The largest absolute Gasteiger partial charge is 0.490 e. The van der Waals surface area contributed by atoms with E-state index in [0.717, 1.165) is 0 Å². The normalized spacial score (nSPS) is 31.9. The van der Waals surface area contributed by atoms with Crippen LogP contribution in [-0.4, -0.2) is 78.8 Å². The summed E-state index contributed by atoms with van der Waals surface area (Å²) in [6.45, 7) is -1.37. The predicted octanol–water partition coefficient (Wildman–Crippen LogP) is -1.83. The Labute approximate surface area is 163 Å². The van der Waals surface area contributed by atoms with E-state index in [-0.39, 0.29) is 12.5 Å². The molecule has 19 heteroatoms. The fraction of sp³-hybridized carbons (Fsp3) is 0.700. The van der Waals surface area contributed by atoms with Crippen LogP contribution in [0.15, 0.2) is 17.3 Å². The molecule has 168 valence electrons. The maximum absolute atomic E-state index is 11.8. The van der Waals surface area contributed by atoms with Gasteiger partial charge in [-0.05, 0) is 6.08 Å². The van der Waals surface area contributed by atoms with Gasteiger partial charge in [0.1, 0.15) is 18.6 Å². The lowest BCUT2D eigenvalue weighted by molar-refractivity contribution is -0.0781. The standard InChI is InChI=1S/C10H20N3O13P3/c11-8-1-2-13(5-12-8)10-9(15)6(3-14)7(24-10)4-23-28(19,20)26-29(21,22)25-27(16,17)18/h1-2,6-7,9-10,14-15H,3-5H2,(H2,11,12)(H,19,20)(H,21,22)(H2,16,17,18)/t6-,7-,9-,10-/m1/s1. The zero-order valence-corrected chi connectivity index (χ0v) is 17.1. The first-order valence-corrected chi connectivity index (χ1v) is 12.2. The molecule has 2 unspecified atom stereocenters. The van der Waals surface area contributed by atoms with Crippen molar-refractivity contribution < 1.29 is 61.4 Å². The van der Waals surface area contributed by atoms with Gasteiger partial charge >= 0.3 is 23.5 Å². The monoisotopic (exact) mass is 483 g/mol. The van der Waals surface area contributed by atoms with Crippen LogP contribution in [0.2, 0.25) is 0 Å². The Morgan fingerprint density at radius 1 is 1.21 bits per heavy atom. The number of nitrogens with zero attached hydrogens (tertiary/aromatic N) is 2. The van der Waals surface area contributed by atoms with Crippen LogP contribution in [0.25, 0.3) is 0 Å². The minimum atomic E-state index is -5.66. The van der Waals surface area contributed by atoms with Crippen molar-refractivity contribution in [3.8, 4) is 0 Å². The van der Waals surface area contributed by atoms with Gasteiger partial charge in [-0.3, -0.25) is 4.52 Å². The number of aliphatic hydroxyl groups excluding tert-OH is 2. The highest BCUT2D eigenvalue weighted by molar-refractivity contribution is 7.66. The van der Waals surface area contributed by atoms with Crippen LogP contribution < -0.4 is 5.73 Å². The molecule has 0 spiro atoms. The molecular formula is C10H20N3O13P3. The fourth-order valence-electron chi connectivity index (χ4n) is 2.53. The summed E-state index contributed by atoms with van der Waals surface area (Å²) in [6, 6.07) is 0. The summed E-state index contributed by atoms with van der Waals surface area (Å²) < 4.78 is 50.9. The quantitative estimate of drug-likeness (QED) is 0.178. The predicted molar refractivity (Wildman–Crippen MR) is 92.5 cm³/mol. The van der Waals surface area contributed by atoms with Crippen molar-refractivity contribution in [1.29, 1.82) is 0 Å². The van der Waals surface area contributed by atoms with E-state index >= 15 is 0 Å². The third-order valence-electron chi connectivity index (χ3n) is 3.73. The maximum atomic E-state index is 11.8.